The number of alkyl halides is 3. The van der Waals surface area contributed by atoms with E-state index in [-0.39, 0.29) is 37.9 Å². The van der Waals surface area contributed by atoms with Crippen molar-refractivity contribution in [2.45, 2.75) is 30.8 Å². The molecule has 1 atom stereocenters. The minimum atomic E-state index is -4.63. The Morgan fingerprint density at radius 3 is 2.38 bits per heavy atom. The molecule has 0 saturated heterocycles. The van der Waals surface area contributed by atoms with Crippen LogP contribution in [-0.4, -0.2) is 19.7 Å². The van der Waals surface area contributed by atoms with Crippen LogP contribution in [-0.2, 0) is 17.0 Å². The Hall–Kier alpha value is -1.76. The van der Waals surface area contributed by atoms with E-state index in [1.54, 1.807) is 6.07 Å². The molecule has 0 bridgehead atoms. The summed E-state index contributed by atoms with van der Waals surface area (Å²) in [5.41, 5.74) is 4.62. The zero-order chi connectivity index (χ0) is 19.6. The molecule has 1 heterocycles. The lowest BCUT2D eigenvalue weighted by Crippen LogP contribution is -2.09. The van der Waals surface area contributed by atoms with E-state index >= 15 is 0 Å². The predicted octanol–water partition coefficient (Wildman–Crippen LogP) is 4.56. The van der Waals surface area contributed by atoms with Gasteiger partial charge in [-0.3, -0.25) is 4.21 Å². The van der Waals surface area contributed by atoms with Gasteiger partial charge in [-0.1, -0.05) is 36.5 Å². The lowest BCUT2D eigenvalue weighted by molar-refractivity contribution is -0.137. The van der Waals surface area contributed by atoms with E-state index in [0.29, 0.717) is 18.6 Å². The molecule has 2 rings (SSSR count). The molecule has 0 spiro atoms. The molecule has 1 unspecified atom stereocenters. The van der Waals surface area contributed by atoms with Crippen LogP contribution in [0, 0.1) is 11.3 Å². The highest BCUT2D eigenvalue weighted by Crippen LogP contribution is 2.39. The zero-order valence-corrected chi connectivity index (χ0v) is 15.7. The van der Waals surface area contributed by atoms with Gasteiger partial charge in [-0.15, -0.1) is 0 Å². The smallest absolute Gasteiger partial charge is 0.383 e. The Morgan fingerprint density at radius 2 is 1.92 bits per heavy atom. The van der Waals surface area contributed by atoms with Gasteiger partial charge in [0.1, 0.15) is 22.5 Å². The molecule has 11 heteroatoms. The number of nitrogens with two attached hydrogens (primary N) is 1. The van der Waals surface area contributed by atoms with Gasteiger partial charge in [0.15, 0.2) is 5.69 Å². The van der Waals surface area contributed by atoms with E-state index in [0.717, 1.165) is 11.1 Å². The van der Waals surface area contributed by atoms with Crippen molar-refractivity contribution in [3.8, 4) is 11.8 Å². The third-order valence-electron chi connectivity index (χ3n) is 3.45. The van der Waals surface area contributed by atoms with Crippen molar-refractivity contribution in [2.24, 2.45) is 0 Å². The Kier molecular flexibility index (Phi) is 6.21. The number of nitrogens with zero attached hydrogens (tertiary/aromatic N) is 3. The summed E-state index contributed by atoms with van der Waals surface area (Å²) in [6.45, 7) is 1.91. The predicted molar refractivity (Wildman–Crippen MR) is 93.9 cm³/mol. The van der Waals surface area contributed by atoms with Gasteiger partial charge >= 0.3 is 6.18 Å². The van der Waals surface area contributed by atoms with Gasteiger partial charge < -0.3 is 5.73 Å². The summed E-state index contributed by atoms with van der Waals surface area (Å²) in [6, 6.07) is 3.16. The maximum Gasteiger partial charge on any atom is 0.416 e. The molecule has 0 aliphatic heterocycles. The van der Waals surface area contributed by atoms with E-state index < -0.39 is 22.5 Å². The molecule has 1 aromatic heterocycles. The summed E-state index contributed by atoms with van der Waals surface area (Å²) >= 11 is 11.9. The molecule has 0 radical (unpaired) electrons. The number of halogens is 5. The van der Waals surface area contributed by atoms with Gasteiger partial charge in [-0.25, -0.2) is 4.68 Å². The number of rotatable bonds is 5. The lowest BCUT2D eigenvalue weighted by atomic mass is 10.2. The molecule has 26 heavy (non-hydrogen) atoms. The van der Waals surface area contributed by atoms with E-state index in [9.17, 15) is 22.6 Å². The van der Waals surface area contributed by atoms with Gasteiger partial charge in [-0.05, 0) is 18.6 Å². The number of aromatic nitrogens is 2. The van der Waals surface area contributed by atoms with Crippen LogP contribution in [0.25, 0.3) is 5.69 Å². The van der Waals surface area contributed by atoms with Crippen molar-refractivity contribution in [1.82, 2.24) is 9.78 Å². The summed E-state index contributed by atoms with van der Waals surface area (Å²) in [5.74, 6) is 0.120. The van der Waals surface area contributed by atoms with E-state index in [4.69, 9.17) is 28.9 Å². The van der Waals surface area contributed by atoms with Crippen LogP contribution in [0.4, 0.5) is 19.0 Å². The van der Waals surface area contributed by atoms with Crippen molar-refractivity contribution in [3.63, 3.8) is 0 Å². The number of hydrogen-bond donors (Lipinski definition) is 1. The highest BCUT2D eigenvalue weighted by molar-refractivity contribution is 7.85. The highest BCUT2D eigenvalue weighted by atomic mass is 35.5. The fraction of sp³-hybridized carbons (Fsp3) is 0.333. The lowest BCUT2D eigenvalue weighted by Gasteiger charge is -2.13. The standard InChI is InChI=1S/C15H13Cl2F3N4OS/c1-2-3-4-26(25)13-11(7-21)23-24(14(13)22)12-9(16)5-8(6-10(12)17)15(18,19)20/h5-6H,2-4,22H2,1H3. The third kappa shape index (κ3) is 3.98. The number of hydrogen-bond acceptors (Lipinski definition) is 4. The Morgan fingerprint density at radius 1 is 1.35 bits per heavy atom. The zero-order valence-electron chi connectivity index (χ0n) is 13.4. The minimum absolute atomic E-state index is 0.0213. The summed E-state index contributed by atoms with van der Waals surface area (Å²) in [7, 11) is -1.59. The van der Waals surface area contributed by atoms with Gasteiger partial charge in [0, 0.05) is 5.75 Å². The van der Waals surface area contributed by atoms with Crippen molar-refractivity contribution in [1.29, 1.82) is 5.26 Å². The minimum Gasteiger partial charge on any atom is -0.383 e. The monoisotopic (exact) mass is 424 g/mol. The molecule has 0 amide bonds. The average Bonchev–Trinajstić information content (AvgIpc) is 2.87. The Labute approximate surface area is 159 Å². The van der Waals surface area contributed by atoms with Gasteiger partial charge in [0.25, 0.3) is 0 Å². The van der Waals surface area contributed by atoms with Crippen LogP contribution in [0.3, 0.4) is 0 Å². The van der Waals surface area contributed by atoms with E-state index in [1.165, 1.54) is 0 Å². The van der Waals surface area contributed by atoms with Crippen LogP contribution in [0.15, 0.2) is 17.0 Å². The second-order valence-electron chi connectivity index (χ2n) is 5.28. The van der Waals surface area contributed by atoms with Crippen LogP contribution >= 0.6 is 23.2 Å². The maximum atomic E-state index is 12.9. The molecular formula is C15H13Cl2F3N4OS. The highest BCUT2D eigenvalue weighted by Gasteiger charge is 2.33. The van der Waals surface area contributed by atoms with Crippen molar-refractivity contribution in [3.05, 3.63) is 33.4 Å². The molecule has 0 aliphatic carbocycles. The molecule has 2 N–H and O–H groups in total. The number of nitriles is 1. The van der Waals surface area contributed by atoms with Crippen molar-refractivity contribution < 1.29 is 17.4 Å². The van der Waals surface area contributed by atoms with Gasteiger partial charge in [-0.2, -0.15) is 23.5 Å². The van der Waals surface area contributed by atoms with Gasteiger partial charge in [0.05, 0.1) is 26.4 Å². The Bertz CT molecular complexity index is 883. The molecular weight excluding hydrogens is 412 g/mol. The van der Waals surface area contributed by atoms with Crippen molar-refractivity contribution >= 4 is 39.8 Å². The topological polar surface area (TPSA) is 84.7 Å². The molecule has 5 nitrogen and oxygen atoms in total. The normalized spacial score (nSPS) is 12.8. The third-order valence-corrected chi connectivity index (χ3v) is 5.54. The van der Waals surface area contributed by atoms with Crippen LogP contribution in [0.2, 0.25) is 10.0 Å². The summed E-state index contributed by atoms with van der Waals surface area (Å²) in [4.78, 5) is 0.0213. The SMILES string of the molecule is CCCCS(=O)c1c(C#N)nn(-c2c(Cl)cc(C(F)(F)F)cc2Cl)c1N. The number of anilines is 1. The quantitative estimate of drug-likeness (QED) is 0.761. The van der Waals surface area contributed by atoms with Crippen LogP contribution in [0.5, 0.6) is 0 Å². The molecule has 0 saturated carbocycles. The summed E-state index contributed by atoms with van der Waals surface area (Å²) in [5, 5.41) is 12.5. The first-order valence-corrected chi connectivity index (χ1v) is 9.42. The van der Waals surface area contributed by atoms with Gasteiger partial charge in [0.2, 0.25) is 0 Å². The first-order valence-electron chi connectivity index (χ1n) is 7.35. The summed E-state index contributed by atoms with van der Waals surface area (Å²) < 4.78 is 51.9. The number of nitrogen functional groups attached to an aromatic ring is 1. The second kappa shape index (κ2) is 7.86. The fourth-order valence-electron chi connectivity index (χ4n) is 2.19. The molecule has 140 valence electrons. The molecule has 2 aromatic rings. The number of unbranched alkanes of at least 4 members (excludes halogenated alkanes) is 1. The molecule has 0 aliphatic rings. The molecule has 1 aromatic carbocycles. The van der Waals surface area contributed by atoms with Crippen LogP contribution in [0.1, 0.15) is 31.0 Å². The van der Waals surface area contributed by atoms with E-state index in [1.807, 2.05) is 6.92 Å². The first-order chi connectivity index (χ1) is 12.1. The van der Waals surface area contributed by atoms with Crippen molar-refractivity contribution in [2.75, 3.05) is 11.5 Å². The summed E-state index contributed by atoms with van der Waals surface area (Å²) in [6.07, 6.45) is -3.20. The molecule has 0 fully saturated rings. The second-order valence-corrected chi connectivity index (χ2v) is 7.60. The largest absolute Gasteiger partial charge is 0.416 e. The Balaban J connectivity index is 2.62. The first kappa shape index (κ1) is 20.6. The fourth-order valence-corrected chi connectivity index (χ4v) is 4.22. The van der Waals surface area contributed by atoms with E-state index in [2.05, 4.69) is 5.10 Å². The number of benzene rings is 1. The van der Waals surface area contributed by atoms with Crippen LogP contribution < -0.4 is 5.73 Å². The average molecular weight is 425 g/mol. The maximum absolute atomic E-state index is 12.9.